The predicted octanol–water partition coefficient (Wildman–Crippen LogP) is 0.894. The number of rotatable bonds is 5. The van der Waals surface area contributed by atoms with Crippen LogP contribution in [0.4, 0.5) is 0 Å². The van der Waals surface area contributed by atoms with Crippen LogP contribution in [-0.2, 0) is 11.3 Å². The summed E-state index contributed by atoms with van der Waals surface area (Å²) < 4.78 is 10.2. The maximum Gasteiger partial charge on any atom is 0.223 e. The Labute approximate surface area is 89.2 Å². The van der Waals surface area contributed by atoms with Crippen LogP contribution in [0.25, 0.3) is 0 Å². The van der Waals surface area contributed by atoms with Gasteiger partial charge >= 0.3 is 0 Å². The van der Waals surface area contributed by atoms with Gasteiger partial charge < -0.3 is 14.6 Å². The van der Waals surface area contributed by atoms with Gasteiger partial charge in [0.05, 0.1) is 6.54 Å². The highest BCUT2D eigenvalue weighted by Crippen LogP contribution is 2.15. The molecule has 1 aromatic rings. The van der Waals surface area contributed by atoms with E-state index in [-0.39, 0.29) is 0 Å². The van der Waals surface area contributed by atoms with Crippen LogP contribution in [-0.4, -0.2) is 29.9 Å². The zero-order chi connectivity index (χ0) is 10.5. The van der Waals surface area contributed by atoms with Crippen molar-refractivity contribution in [2.24, 2.45) is 5.92 Å². The second-order valence-corrected chi connectivity index (χ2v) is 3.92. The molecule has 1 aliphatic heterocycles. The molecule has 2 heterocycles. The van der Waals surface area contributed by atoms with Crippen LogP contribution in [0.15, 0.2) is 4.52 Å². The molecule has 84 valence electrons. The number of nitrogens with zero attached hydrogens (tertiary/aromatic N) is 2. The van der Waals surface area contributed by atoms with E-state index in [1.807, 2.05) is 0 Å². The quantitative estimate of drug-likeness (QED) is 0.733. The molecular weight excluding hydrogens is 194 g/mol. The van der Waals surface area contributed by atoms with E-state index < -0.39 is 0 Å². The highest BCUT2D eigenvalue weighted by atomic mass is 16.5. The molecule has 1 fully saturated rings. The molecule has 0 amide bonds. The predicted molar refractivity (Wildman–Crippen MR) is 54.3 cm³/mol. The zero-order valence-corrected chi connectivity index (χ0v) is 9.03. The van der Waals surface area contributed by atoms with Gasteiger partial charge in [-0.2, -0.15) is 4.98 Å². The van der Waals surface area contributed by atoms with E-state index in [2.05, 4.69) is 15.5 Å². The van der Waals surface area contributed by atoms with E-state index in [4.69, 9.17) is 9.26 Å². The number of hydrogen-bond acceptors (Lipinski definition) is 5. The summed E-state index contributed by atoms with van der Waals surface area (Å²) in [6, 6.07) is 0. The fourth-order valence-electron chi connectivity index (χ4n) is 1.73. The summed E-state index contributed by atoms with van der Waals surface area (Å²) in [4.78, 5) is 4.12. The fraction of sp³-hybridized carbons (Fsp3) is 0.800. The normalized spacial score (nSPS) is 21.0. The average molecular weight is 211 g/mol. The lowest BCUT2D eigenvalue weighted by Gasteiger charge is -2.06. The van der Waals surface area contributed by atoms with E-state index in [1.54, 1.807) is 6.92 Å². The molecule has 15 heavy (non-hydrogen) atoms. The van der Waals surface area contributed by atoms with E-state index in [9.17, 15) is 0 Å². The summed E-state index contributed by atoms with van der Waals surface area (Å²) in [5.74, 6) is 2.08. The van der Waals surface area contributed by atoms with Crippen molar-refractivity contribution in [3.63, 3.8) is 0 Å². The first-order valence-electron chi connectivity index (χ1n) is 5.42. The minimum Gasteiger partial charge on any atom is -0.381 e. The minimum atomic E-state index is 0.621. The van der Waals surface area contributed by atoms with Gasteiger partial charge in [-0.05, 0) is 25.3 Å². The highest BCUT2D eigenvalue weighted by molar-refractivity contribution is 4.82. The Bertz CT molecular complexity index is 295. The van der Waals surface area contributed by atoms with Gasteiger partial charge in [0, 0.05) is 20.1 Å². The molecule has 0 aliphatic carbocycles. The third-order valence-electron chi connectivity index (χ3n) is 2.61. The summed E-state index contributed by atoms with van der Waals surface area (Å²) in [6.07, 6.45) is 2.36. The van der Waals surface area contributed by atoms with E-state index in [0.717, 1.165) is 37.9 Å². The topological polar surface area (TPSA) is 60.2 Å². The summed E-state index contributed by atoms with van der Waals surface area (Å²) >= 11 is 0. The molecule has 1 saturated heterocycles. The summed E-state index contributed by atoms with van der Waals surface area (Å²) in [5, 5.41) is 7.11. The molecule has 0 spiro atoms. The van der Waals surface area contributed by atoms with E-state index >= 15 is 0 Å². The third-order valence-corrected chi connectivity index (χ3v) is 2.61. The third kappa shape index (κ3) is 3.28. The van der Waals surface area contributed by atoms with Crippen molar-refractivity contribution in [3.8, 4) is 0 Å². The van der Waals surface area contributed by atoms with Gasteiger partial charge in [0.25, 0.3) is 0 Å². The fourth-order valence-corrected chi connectivity index (χ4v) is 1.73. The lowest BCUT2D eigenvalue weighted by Crippen LogP contribution is -2.18. The lowest BCUT2D eigenvalue weighted by molar-refractivity contribution is 0.184. The van der Waals surface area contributed by atoms with Gasteiger partial charge in [0.1, 0.15) is 0 Å². The lowest BCUT2D eigenvalue weighted by atomic mass is 10.1. The monoisotopic (exact) mass is 211 g/mol. The molecule has 1 unspecified atom stereocenters. The maximum atomic E-state index is 5.31. The van der Waals surface area contributed by atoms with Gasteiger partial charge in [0.15, 0.2) is 5.82 Å². The van der Waals surface area contributed by atoms with Crippen LogP contribution in [0.1, 0.15) is 24.6 Å². The molecule has 1 atom stereocenters. The molecule has 0 saturated carbocycles. The molecular formula is C10H17N3O2. The summed E-state index contributed by atoms with van der Waals surface area (Å²) in [7, 11) is 0. The molecule has 5 heteroatoms. The minimum absolute atomic E-state index is 0.621. The molecule has 1 aliphatic rings. The molecule has 1 aromatic heterocycles. The SMILES string of the molecule is Cc1nc(CNCCC2CCOC2)no1. The molecule has 1 N–H and O–H groups in total. The van der Waals surface area contributed by atoms with Crippen molar-refractivity contribution in [3.05, 3.63) is 11.7 Å². The van der Waals surface area contributed by atoms with Gasteiger partial charge in [-0.3, -0.25) is 0 Å². The molecule has 0 aromatic carbocycles. The van der Waals surface area contributed by atoms with Crippen LogP contribution in [0.3, 0.4) is 0 Å². The maximum absolute atomic E-state index is 5.31. The smallest absolute Gasteiger partial charge is 0.223 e. The Morgan fingerprint density at radius 1 is 1.53 bits per heavy atom. The first kappa shape index (κ1) is 10.6. The standard InChI is InChI=1S/C10H17N3O2/c1-8-12-10(13-15-8)6-11-4-2-9-3-5-14-7-9/h9,11H,2-7H2,1H3. The van der Waals surface area contributed by atoms with E-state index in [1.165, 1.54) is 6.42 Å². The summed E-state index contributed by atoms with van der Waals surface area (Å²) in [6.45, 7) is 5.32. The second kappa shape index (κ2) is 5.23. The largest absolute Gasteiger partial charge is 0.381 e. The van der Waals surface area contributed by atoms with Crippen molar-refractivity contribution >= 4 is 0 Å². The van der Waals surface area contributed by atoms with Crippen molar-refractivity contribution < 1.29 is 9.26 Å². The van der Waals surface area contributed by atoms with Crippen LogP contribution in [0.2, 0.25) is 0 Å². The van der Waals surface area contributed by atoms with Crippen molar-refractivity contribution in [2.75, 3.05) is 19.8 Å². The number of aryl methyl sites for hydroxylation is 1. The summed E-state index contributed by atoms with van der Waals surface area (Å²) in [5.41, 5.74) is 0. The van der Waals surface area contributed by atoms with Gasteiger partial charge in [-0.25, -0.2) is 0 Å². The van der Waals surface area contributed by atoms with E-state index in [0.29, 0.717) is 12.4 Å². The van der Waals surface area contributed by atoms with Crippen molar-refractivity contribution in [1.29, 1.82) is 0 Å². The first-order chi connectivity index (χ1) is 7.34. The van der Waals surface area contributed by atoms with Crippen LogP contribution in [0, 0.1) is 12.8 Å². The van der Waals surface area contributed by atoms with Crippen molar-refractivity contribution in [2.45, 2.75) is 26.3 Å². The first-order valence-corrected chi connectivity index (χ1v) is 5.42. The molecule has 5 nitrogen and oxygen atoms in total. The molecule has 2 rings (SSSR count). The van der Waals surface area contributed by atoms with Crippen LogP contribution < -0.4 is 5.32 Å². The van der Waals surface area contributed by atoms with Gasteiger partial charge in [-0.15, -0.1) is 0 Å². The number of ether oxygens (including phenoxy) is 1. The van der Waals surface area contributed by atoms with Crippen LogP contribution in [0.5, 0.6) is 0 Å². The van der Waals surface area contributed by atoms with Crippen LogP contribution >= 0.6 is 0 Å². The Kier molecular flexibility index (Phi) is 3.69. The zero-order valence-electron chi connectivity index (χ0n) is 9.03. The van der Waals surface area contributed by atoms with Crippen molar-refractivity contribution in [1.82, 2.24) is 15.5 Å². The Hall–Kier alpha value is -0.940. The highest BCUT2D eigenvalue weighted by Gasteiger charge is 2.14. The Morgan fingerprint density at radius 2 is 2.47 bits per heavy atom. The second-order valence-electron chi connectivity index (χ2n) is 3.92. The van der Waals surface area contributed by atoms with Gasteiger partial charge in [0.2, 0.25) is 5.89 Å². The number of hydrogen-bond donors (Lipinski definition) is 1. The molecule has 0 radical (unpaired) electrons. The Balaban J connectivity index is 1.58. The molecule has 0 bridgehead atoms. The number of aromatic nitrogens is 2. The Morgan fingerprint density at radius 3 is 3.13 bits per heavy atom. The van der Waals surface area contributed by atoms with Gasteiger partial charge in [-0.1, -0.05) is 5.16 Å². The number of nitrogens with one attached hydrogen (secondary N) is 1. The average Bonchev–Trinajstić information content (AvgIpc) is 2.84.